The number of fused-ring (bicyclic) bond motifs is 6. The van der Waals surface area contributed by atoms with Crippen molar-refractivity contribution in [1.82, 2.24) is 0 Å². The molecule has 0 spiro atoms. The molecule has 0 aliphatic rings. The summed E-state index contributed by atoms with van der Waals surface area (Å²) in [4.78, 5) is 0. The maximum absolute atomic E-state index is 10.0. The highest BCUT2D eigenvalue weighted by Gasteiger charge is 2.23. The van der Waals surface area contributed by atoms with Crippen molar-refractivity contribution in [2.45, 2.75) is 7.43 Å². The molecule has 2 heterocycles. The van der Waals surface area contributed by atoms with Crippen LogP contribution in [0.2, 0.25) is 0 Å². The fraction of sp³-hybridized carbons (Fsp3) is 0.0145. The van der Waals surface area contributed by atoms with Gasteiger partial charge in [-0.1, -0.05) is 238 Å². The standard InChI is InChI=1S/C34H22O.C20H15BO2.C14H9BrO.CH4/c1-3-11-23(12-4-1)25-19-20-32-30(21-25)31(22-35-32)34-28-17-9-7-15-26(28)33(24-13-5-2-6-14-24)27-16-8-10-18-29(27)34;22-21(23)20-17-12-6-4-10-15(17)19(14-8-2-1-3-9-14)16-11-5-7-13-18(16)20;15-13-9-16-14-7-6-11(8-12(13)14)10-4-2-1-3-5-10;/h1-22H;1-13,22-23H;1-9H;1H4/i2D,5D,6D,13D,14D;1D,2D,3D,8D,9D;;. The Bertz CT molecular complexity index is 4750. The first kappa shape index (κ1) is 37.9. The molecule has 14 aromatic rings. The zero-order valence-corrected chi connectivity index (χ0v) is 40.9. The molecular formula is C69H50BBrO4. The summed E-state index contributed by atoms with van der Waals surface area (Å²) < 4.78 is 95.4. The molecule has 0 bridgehead atoms. The summed E-state index contributed by atoms with van der Waals surface area (Å²) in [6, 6.07) is 59.3. The van der Waals surface area contributed by atoms with Crippen molar-refractivity contribution in [3.63, 3.8) is 0 Å². The summed E-state index contributed by atoms with van der Waals surface area (Å²) in [6.45, 7) is 0. The number of hydrogen-bond donors (Lipinski definition) is 2. The van der Waals surface area contributed by atoms with Gasteiger partial charge in [-0.15, -0.1) is 0 Å². The van der Waals surface area contributed by atoms with Crippen LogP contribution in [-0.4, -0.2) is 17.2 Å². The maximum atomic E-state index is 10.0. The van der Waals surface area contributed by atoms with E-state index in [1.54, 1.807) is 61.1 Å². The Morgan fingerprint density at radius 3 is 1.15 bits per heavy atom. The highest BCUT2D eigenvalue weighted by atomic mass is 79.9. The van der Waals surface area contributed by atoms with E-state index in [0.29, 0.717) is 38.1 Å². The fourth-order valence-electron chi connectivity index (χ4n) is 9.99. The number of benzene rings is 12. The van der Waals surface area contributed by atoms with E-state index in [4.69, 9.17) is 22.5 Å². The van der Waals surface area contributed by atoms with Crippen molar-refractivity contribution in [3.05, 3.63) is 272 Å². The van der Waals surface area contributed by atoms with Gasteiger partial charge in [0, 0.05) is 21.9 Å². The maximum Gasteiger partial charge on any atom is 0.489 e. The third-order valence-electron chi connectivity index (χ3n) is 13.2. The minimum Gasteiger partial charge on any atom is -0.464 e. The van der Waals surface area contributed by atoms with Crippen LogP contribution in [0.4, 0.5) is 0 Å². The van der Waals surface area contributed by atoms with Crippen molar-refractivity contribution in [2.24, 2.45) is 0 Å². The quantitative estimate of drug-likeness (QED) is 0.129. The Balaban J connectivity index is 0.000000145. The van der Waals surface area contributed by atoms with Crippen LogP contribution in [0.1, 0.15) is 21.1 Å². The van der Waals surface area contributed by atoms with Gasteiger partial charge < -0.3 is 18.9 Å². The first-order valence-corrected chi connectivity index (χ1v) is 24.6. The first-order chi connectivity index (χ1) is 40.6. The second-order valence-corrected chi connectivity index (χ2v) is 18.3. The van der Waals surface area contributed by atoms with Gasteiger partial charge in [-0.3, -0.25) is 0 Å². The molecule has 75 heavy (non-hydrogen) atoms. The topological polar surface area (TPSA) is 66.7 Å². The van der Waals surface area contributed by atoms with Gasteiger partial charge in [-0.2, -0.15) is 0 Å². The Labute approximate surface area is 458 Å². The Hall–Kier alpha value is -8.78. The summed E-state index contributed by atoms with van der Waals surface area (Å²) >= 11 is 3.48. The summed E-state index contributed by atoms with van der Waals surface area (Å²) in [5.41, 5.74) is 9.95. The second-order valence-electron chi connectivity index (χ2n) is 17.5. The summed E-state index contributed by atoms with van der Waals surface area (Å²) in [6.07, 6.45) is 3.51. The monoisotopic (exact) mass is 1040 g/mol. The third kappa shape index (κ3) is 9.32. The van der Waals surface area contributed by atoms with Crippen LogP contribution in [0.15, 0.2) is 280 Å². The molecule has 0 unspecified atom stereocenters. The van der Waals surface area contributed by atoms with Crippen LogP contribution in [0.5, 0.6) is 0 Å². The predicted octanol–water partition coefficient (Wildman–Crippen LogP) is 18.6. The number of rotatable bonds is 6. The van der Waals surface area contributed by atoms with Crippen molar-refractivity contribution < 1.29 is 32.6 Å². The van der Waals surface area contributed by atoms with Crippen LogP contribution in [0, 0.1) is 0 Å². The lowest BCUT2D eigenvalue weighted by atomic mass is 9.72. The molecule has 0 radical (unpaired) electrons. The van der Waals surface area contributed by atoms with E-state index in [0.717, 1.165) is 70.2 Å². The lowest BCUT2D eigenvalue weighted by Gasteiger charge is -2.17. The minimum atomic E-state index is -1.72. The first-order valence-electron chi connectivity index (χ1n) is 28.8. The van der Waals surface area contributed by atoms with Gasteiger partial charge >= 0.3 is 7.12 Å². The molecule has 360 valence electrons. The predicted molar refractivity (Wildman–Crippen MR) is 320 cm³/mol. The molecule has 12 aromatic carbocycles. The molecular weight excluding hydrogens is 983 g/mol. The van der Waals surface area contributed by atoms with Crippen LogP contribution in [0.25, 0.3) is 121 Å². The molecule has 2 aromatic heterocycles. The average Bonchev–Trinajstić information content (AvgIpc) is 1.51. The molecule has 0 aliphatic carbocycles. The molecule has 0 atom stereocenters. The van der Waals surface area contributed by atoms with Crippen molar-refractivity contribution in [2.75, 3.05) is 0 Å². The van der Waals surface area contributed by atoms with Gasteiger partial charge in [-0.25, -0.2) is 0 Å². The number of hydrogen-bond acceptors (Lipinski definition) is 4. The minimum absolute atomic E-state index is 0. The van der Waals surface area contributed by atoms with Gasteiger partial charge in [0.05, 0.1) is 24.4 Å². The van der Waals surface area contributed by atoms with E-state index in [-0.39, 0.29) is 54.8 Å². The molecule has 0 saturated carbocycles. The van der Waals surface area contributed by atoms with E-state index in [1.807, 2.05) is 97.1 Å². The van der Waals surface area contributed by atoms with Crippen molar-refractivity contribution in [1.29, 1.82) is 0 Å². The molecule has 0 fully saturated rings. The molecule has 0 aliphatic heterocycles. The Morgan fingerprint density at radius 1 is 0.347 bits per heavy atom. The summed E-state index contributed by atoms with van der Waals surface area (Å²) in [5.74, 6) is 0. The van der Waals surface area contributed by atoms with Gasteiger partial charge in [0.1, 0.15) is 17.4 Å². The number of furan rings is 2. The summed E-state index contributed by atoms with van der Waals surface area (Å²) in [5, 5.41) is 27.8. The lowest BCUT2D eigenvalue weighted by molar-refractivity contribution is 0.426. The van der Waals surface area contributed by atoms with Crippen LogP contribution in [0.3, 0.4) is 0 Å². The van der Waals surface area contributed by atoms with Crippen LogP contribution < -0.4 is 5.46 Å². The van der Waals surface area contributed by atoms with Crippen molar-refractivity contribution in [3.8, 4) is 55.6 Å². The van der Waals surface area contributed by atoms with Gasteiger partial charge in [0.25, 0.3) is 0 Å². The highest BCUT2D eigenvalue weighted by molar-refractivity contribution is 9.10. The molecule has 0 amide bonds. The van der Waals surface area contributed by atoms with E-state index >= 15 is 0 Å². The molecule has 0 saturated heterocycles. The van der Waals surface area contributed by atoms with Gasteiger partial charge in [-0.05, 0) is 133 Å². The van der Waals surface area contributed by atoms with Crippen molar-refractivity contribution >= 4 is 93.5 Å². The Morgan fingerprint density at radius 2 is 0.707 bits per heavy atom. The van der Waals surface area contributed by atoms with Crippen LogP contribution >= 0.6 is 15.9 Å². The molecule has 14 rings (SSSR count). The zero-order chi connectivity index (χ0) is 58.7. The molecule has 4 nitrogen and oxygen atoms in total. The zero-order valence-electron chi connectivity index (χ0n) is 49.3. The molecule has 6 heteroatoms. The fourth-order valence-corrected chi connectivity index (χ4v) is 10.4. The third-order valence-corrected chi connectivity index (χ3v) is 13.9. The average molecular weight is 1040 g/mol. The number of halogens is 1. The van der Waals surface area contributed by atoms with Crippen LogP contribution in [-0.2, 0) is 0 Å². The Kier molecular flexibility index (Phi) is 10.8. The van der Waals surface area contributed by atoms with E-state index < -0.39 is 31.3 Å². The van der Waals surface area contributed by atoms with E-state index in [9.17, 15) is 10.0 Å². The smallest absolute Gasteiger partial charge is 0.464 e. The summed E-state index contributed by atoms with van der Waals surface area (Å²) in [7, 11) is -1.72. The lowest BCUT2D eigenvalue weighted by Crippen LogP contribution is -2.31. The normalized spacial score (nSPS) is 12.9. The largest absolute Gasteiger partial charge is 0.489 e. The molecule has 2 N–H and O–H groups in total. The van der Waals surface area contributed by atoms with Gasteiger partial charge in [0.15, 0.2) is 0 Å². The SMILES string of the molecule is Brc1coc2ccc(-c3ccccc3)cc12.C.[2H]c1c([2H])c([2H])c(-c2c3ccccc3c(-c3coc4ccc(-c5ccccc5)cc34)c3ccccc23)c([2H])c1[2H].[2H]c1c([2H])c([2H])c(-c2c3ccccc3c(B(O)O)c3ccccc23)c([2H])c1[2H]. The van der Waals surface area contributed by atoms with E-state index in [2.05, 4.69) is 64.5 Å². The van der Waals surface area contributed by atoms with E-state index in [1.165, 1.54) is 11.1 Å². The highest BCUT2D eigenvalue weighted by Crippen LogP contribution is 2.46. The second kappa shape index (κ2) is 21.4. The van der Waals surface area contributed by atoms with Gasteiger partial charge in [0.2, 0.25) is 0 Å².